The van der Waals surface area contributed by atoms with Gasteiger partial charge in [0.1, 0.15) is 0 Å². The molecule has 0 heteroatoms. The maximum Gasteiger partial charge on any atom is 0.0629 e. The topological polar surface area (TPSA) is 0 Å². The molecule has 0 N–H and O–H groups in total. The first-order chi connectivity index (χ1) is 46.5. The highest BCUT2D eigenvalue weighted by molar-refractivity contribution is 5.47. The first-order valence-electron chi connectivity index (χ1n) is 40.3. The average molecular weight is 1290 g/mol. The van der Waals surface area contributed by atoms with Crippen molar-refractivity contribution in [2.45, 2.75) is 344 Å². The molecule has 0 atom stereocenters. The van der Waals surface area contributed by atoms with Crippen LogP contribution in [0.3, 0.4) is 0 Å². The summed E-state index contributed by atoms with van der Waals surface area (Å²) in [6, 6.07) is 37.4. The van der Waals surface area contributed by atoms with E-state index in [-0.39, 0.29) is 32.5 Å². The Bertz CT molecular complexity index is 3700. The van der Waals surface area contributed by atoms with Crippen molar-refractivity contribution in [1.82, 2.24) is 0 Å². The van der Waals surface area contributed by atoms with Gasteiger partial charge in [0.05, 0.1) is 6.85 Å². The summed E-state index contributed by atoms with van der Waals surface area (Å²) >= 11 is 0. The zero-order valence-corrected chi connectivity index (χ0v) is 67.9. The molecule has 0 aliphatic rings. The van der Waals surface area contributed by atoms with Gasteiger partial charge in [-0.2, -0.15) is 0 Å². The van der Waals surface area contributed by atoms with E-state index in [1.807, 2.05) is 200 Å². The van der Waals surface area contributed by atoms with Crippen LogP contribution in [0.15, 0.2) is 133 Å². The van der Waals surface area contributed by atoms with Crippen LogP contribution in [0.5, 0.6) is 0 Å². The monoisotopic (exact) mass is 1290 g/mol. The molecule has 7 aromatic rings. The van der Waals surface area contributed by atoms with E-state index in [0.29, 0.717) is 41.7 Å². The lowest BCUT2D eigenvalue weighted by atomic mass is 9.73. The molecule has 0 aromatic heterocycles. The van der Waals surface area contributed by atoms with Crippen LogP contribution >= 0.6 is 0 Å². The summed E-state index contributed by atoms with van der Waals surface area (Å²) in [6.45, 7) is 79.5. The maximum absolute atomic E-state index is 8.72. The van der Waals surface area contributed by atoms with Gasteiger partial charge in [-0.1, -0.05) is 383 Å². The predicted octanol–water partition coefficient (Wildman–Crippen LogP) is 29.6. The number of aryl methyl sites for hydroxylation is 5. The molecule has 0 bridgehead atoms. The van der Waals surface area contributed by atoms with Gasteiger partial charge in [-0.05, 0) is 206 Å². The molecular formula is C94H146. The highest BCUT2D eigenvalue weighted by Crippen LogP contribution is 2.38. The van der Waals surface area contributed by atoms with Gasteiger partial charge in [-0.25, -0.2) is 0 Å². The highest BCUT2D eigenvalue weighted by Gasteiger charge is 2.27. The molecule has 0 spiro atoms. The van der Waals surface area contributed by atoms with Gasteiger partial charge in [0.15, 0.2) is 0 Å². The molecule has 0 aliphatic heterocycles. The molecule has 0 aliphatic carbocycles. The normalized spacial score (nSPS) is 14.4. The number of rotatable bonds is 7. The maximum atomic E-state index is 8.72. The molecule has 0 amide bonds. The van der Waals surface area contributed by atoms with E-state index in [2.05, 4.69) is 173 Å². The van der Waals surface area contributed by atoms with E-state index >= 15 is 0 Å². The van der Waals surface area contributed by atoms with Crippen molar-refractivity contribution < 1.29 is 15.1 Å². The van der Waals surface area contributed by atoms with Crippen molar-refractivity contribution in [3.63, 3.8) is 0 Å². The zero-order chi connectivity index (χ0) is 83.0. The van der Waals surface area contributed by atoms with E-state index < -0.39 is 35.4 Å². The second kappa shape index (κ2) is 36.8. The third kappa shape index (κ3) is 30.7. The standard InChI is InChI=1S/C19H32.C15H24.C14H22.2C13H20.2C10H14/c1-13-15(18(5,6)7)11-14(17(2,3)4)12-16(13)19(8,9)10;1-11-8-12(14(2,3)4)10-13(9-11)15(5,6)7;1-10(2)12-7-11(3)8-13(9-12)14(4,5)6;2*1-9(2)12-6-11(5)7-13(8-12)10(3)4;1-8(2)10-6-4-5-9(3)7-10;1-8(2)10-7-5-4-6-9(10)3/h11-12H,1-10H3;8-10H,1-7H3;7-10H,1-6H3;2*6-10H,1-5H3;2*4-8H,1-3H3/i11D,12D;8D,9D,10D;10D;9D,10D;9D;2*8D. The Balaban J connectivity index is 0.000000619. The smallest absolute Gasteiger partial charge is 0.0620 e. The van der Waals surface area contributed by atoms with Crippen molar-refractivity contribution in [2.75, 3.05) is 0 Å². The van der Waals surface area contributed by atoms with Crippen molar-refractivity contribution in [3.05, 3.63) is 245 Å². The third-order valence-corrected chi connectivity index (χ3v) is 16.3. The minimum absolute atomic E-state index is 0.0884. The second-order valence-corrected chi connectivity index (χ2v) is 34.4. The third-order valence-electron chi connectivity index (χ3n) is 16.3. The summed E-state index contributed by atoms with van der Waals surface area (Å²) < 4.78 is 89.9. The molecule has 0 fully saturated rings. The Morgan fingerprint density at radius 3 is 0.883 bits per heavy atom. The van der Waals surface area contributed by atoms with Crippen molar-refractivity contribution >= 4 is 0 Å². The Morgan fingerprint density at radius 1 is 0.266 bits per heavy atom. The largest absolute Gasteiger partial charge is 0.0629 e. The van der Waals surface area contributed by atoms with E-state index in [9.17, 15) is 0 Å². The first kappa shape index (κ1) is 68.5. The van der Waals surface area contributed by atoms with Crippen LogP contribution in [0.25, 0.3) is 0 Å². The van der Waals surface area contributed by atoms with E-state index in [1.54, 1.807) is 0 Å². The van der Waals surface area contributed by atoms with Gasteiger partial charge in [-0.3, -0.25) is 0 Å². The molecule has 7 aromatic carbocycles. The average Bonchev–Trinajstić information content (AvgIpc) is 0.754. The molecule has 7 rings (SSSR count). The molecule has 0 saturated carbocycles. The fraction of sp³-hybridized carbons (Fsp3) is 0.553. The quantitative estimate of drug-likeness (QED) is 0.149. The molecule has 0 saturated heterocycles. The molecule has 94 heavy (non-hydrogen) atoms. The zero-order valence-electron chi connectivity index (χ0n) is 78.9. The summed E-state index contributed by atoms with van der Waals surface area (Å²) in [4.78, 5) is 0. The van der Waals surface area contributed by atoms with Gasteiger partial charge >= 0.3 is 0 Å². The lowest BCUT2D eigenvalue weighted by molar-refractivity contribution is 0.542. The number of benzene rings is 7. The van der Waals surface area contributed by atoms with Crippen molar-refractivity contribution in [1.29, 1.82) is 0 Å². The summed E-state index contributed by atoms with van der Waals surface area (Å²) in [5, 5.41) is 0. The van der Waals surface area contributed by atoms with Crippen molar-refractivity contribution in [3.8, 4) is 0 Å². The molecule has 0 unspecified atom stereocenters. The summed E-state index contributed by atoms with van der Waals surface area (Å²) in [7, 11) is 0. The van der Waals surface area contributed by atoms with Gasteiger partial charge in [0.25, 0.3) is 0 Å². The van der Waals surface area contributed by atoms with Crippen molar-refractivity contribution in [2.24, 2.45) is 0 Å². The highest BCUT2D eigenvalue weighted by atomic mass is 14.3. The van der Waals surface area contributed by atoms with Crippen LogP contribution < -0.4 is 0 Å². The fourth-order valence-electron chi connectivity index (χ4n) is 10.2. The number of hydrogen-bond acceptors (Lipinski definition) is 0. The summed E-state index contributed by atoms with van der Waals surface area (Å²) in [5.41, 5.74) is 20.8. The van der Waals surface area contributed by atoms with E-state index in [0.717, 1.165) is 72.3 Å². The Kier molecular flexibility index (Phi) is 26.8. The molecule has 0 nitrogen and oxygen atoms in total. The fourth-order valence-corrected chi connectivity index (χ4v) is 10.2. The lowest BCUT2D eigenvalue weighted by Gasteiger charge is -2.32. The van der Waals surface area contributed by atoms with Gasteiger partial charge in [0, 0.05) is 8.22 Å². The second-order valence-electron chi connectivity index (χ2n) is 34.4. The minimum Gasteiger partial charge on any atom is -0.0620 e. The van der Waals surface area contributed by atoms with Gasteiger partial charge in [0.2, 0.25) is 0 Å². The van der Waals surface area contributed by atoms with Crippen LogP contribution in [0.4, 0.5) is 0 Å². The van der Waals surface area contributed by atoms with Crippen LogP contribution in [-0.4, -0.2) is 0 Å². The van der Waals surface area contributed by atoms with Crippen LogP contribution in [0, 0.1) is 48.5 Å². The summed E-state index contributed by atoms with van der Waals surface area (Å²) in [6.07, 6.45) is 0. The van der Waals surface area contributed by atoms with E-state index in [1.165, 1.54) is 33.4 Å². The molecular weight excluding hydrogens is 1130 g/mol. The molecule has 522 valence electrons. The van der Waals surface area contributed by atoms with E-state index in [4.69, 9.17) is 15.1 Å². The minimum atomic E-state index is -0.591. The summed E-state index contributed by atoms with van der Waals surface area (Å²) in [5.74, 6) is -2.58. The van der Waals surface area contributed by atoms with Crippen LogP contribution in [0.1, 0.15) is 389 Å². The van der Waals surface area contributed by atoms with Crippen LogP contribution in [-0.2, 0) is 32.5 Å². The Labute approximate surface area is 600 Å². The first-order valence-corrected chi connectivity index (χ1v) is 34.8. The molecule has 0 heterocycles. The Hall–Kier alpha value is -5.46. The Morgan fingerprint density at radius 2 is 0.585 bits per heavy atom. The predicted molar refractivity (Wildman–Crippen MR) is 429 cm³/mol. The van der Waals surface area contributed by atoms with Gasteiger partial charge in [-0.15, -0.1) is 0 Å². The van der Waals surface area contributed by atoms with Crippen LogP contribution in [0.2, 0.25) is 0 Å². The van der Waals surface area contributed by atoms with Gasteiger partial charge < -0.3 is 0 Å². The molecule has 0 radical (unpaired) electrons. The SMILES string of the molecule is [2H]C(C)(C)c1cc(C)cc(C(C)(C)C)c1.[2H]C(C)(C)c1cc(C)cc(C(C)C)c1.[2H]C(C)(C)c1cc(C)cc(C([2H])(C)C)c1.[2H]C(C)(C)c1cccc(C)c1.[2H]C(C)(C)c1ccccc1C.[2H]c1c(C(C)(C)C)c([2H])c(C(C)(C)C)c(C)c1C(C)(C)C.[2H]c1c(C)c([2H])c(C(C)(C)C)c([2H])c1C(C)(C)C. The lowest BCUT2D eigenvalue weighted by Crippen LogP contribution is -2.23. The number of hydrogen-bond donors (Lipinski definition) is 0.